The molecule has 5 heteroatoms. The van der Waals surface area contributed by atoms with E-state index in [0.717, 1.165) is 16.7 Å². The van der Waals surface area contributed by atoms with Crippen LogP contribution in [0.5, 0.6) is 0 Å². The summed E-state index contributed by atoms with van der Waals surface area (Å²) in [6.45, 7) is 0.0662. The zero-order chi connectivity index (χ0) is 21.7. The van der Waals surface area contributed by atoms with Gasteiger partial charge in [0.1, 0.15) is 17.8 Å². The fourth-order valence-electron chi connectivity index (χ4n) is 4.18. The normalized spacial score (nSPS) is 24.1. The van der Waals surface area contributed by atoms with Gasteiger partial charge in [0.05, 0.1) is 12.7 Å². The third-order valence-electron chi connectivity index (χ3n) is 5.80. The van der Waals surface area contributed by atoms with Gasteiger partial charge in [-0.1, -0.05) is 91.0 Å². The molecule has 4 atom stereocenters. The zero-order valence-electron chi connectivity index (χ0n) is 17.5. The quantitative estimate of drug-likeness (QED) is 0.573. The van der Waals surface area contributed by atoms with Crippen LogP contribution >= 0.6 is 0 Å². The average Bonchev–Trinajstić information content (AvgIpc) is 2.84. The van der Waals surface area contributed by atoms with Crippen molar-refractivity contribution in [2.45, 2.75) is 36.6 Å². The molecule has 0 aromatic heterocycles. The van der Waals surface area contributed by atoms with E-state index < -0.39 is 30.2 Å². The van der Waals surface area contributed by atoms with Crippen molar-refractivity contribution in [3.63, 3.8) is 0 Å². The van der Waals surface area contributed by atoms with Gasteiger partial charge in [-0.05, 0) is 16.7 Å². The molecule has 0 unspecified atom stereocenters. The number of methoxy groups -OCH3 is 1. The molecule has 1 aliphatic rings. The first kappa shape index (κ1) is 21.7. The van der Waals surface area contributed by atoms with Gasteiger partial charge in [-0.25, -0.2) is 0 Å². The molecular weight excluding hydrogens is 392 g/mol. The molecule has 162 valence electrons. The van der Waals surface area contributed by atoms with Crippen LogP contribution in [0.2, 0.25) is 0 Å². The van der Waals surface area contributed by atoms with Gasteiger partial charge < -0.3 is 24.4 Å². The first-order valence-electron chi connectivity index (χ1n) is 10.5. The van der Waals surface area contributed by atoms with Gasteiger partial charge in [0.25, 0.3) is 0 Å². The number of hydrogen-bond donors (Lipinski definition) is 2. The summed E-state index contributed by atoms with van der Waals surface area (Å²) >= 11 is 0. The fourth-order valence-corrected chi connectivity index (χ4v) is 4.18. The molecule has 3 aromatic carbocycles. The molecule has 1 fully saturated rings. The number of aliphatic hydroxyl groups excluding tert-OH is 2. The number of aliphatic hydroxyl groups is 2. The van der Waals surface area contributed by atoms with Crippen molar-refractivity contribution in [3.8, 4) is 0 Å². The van der Waals surface area contributed by atoms with E-state index in [1.807, 2.05) is 91.0 Å². The Labute approximate surface area is 182 Å². The second-order valence-corrected chi connectivity index (χ2v) is 7.72. The van der Waals surface area contributed by atoms with Crippen molar-refractivity contribution in [1.82, 2.24) is 0 Å². The third kappa shape index (κ3) is 4.42. The SMILES string of the molecule is CO[C@H]1C[C@H](O)[C@@H](O)[C@H](COC(c2ccccc2)(c2ccccc2)c2ccccc2)O1. The minimum atomic E-state index is -1.06. The van der Waals surface area contributed by atoms with E-state index in [1.165, 1.54) is 7.11 Å². The van der Waals surface area contributed by atoms with Crippen LogP contribution in [0.15, 0.2) is 91.0 Å². The summed E-state index contributed by atoms with van der Waals surface area (Å²) in [6, 6.07) is 30.0. The van der Waals surface area contributed by atoms with Gasteiger partial charge in [0.2, 0.25) is 0 Å². The molecule has 31 heavy (non-hydrogen) atoms. The predicted molar refractivity (Wildman–Crippen MR) is 117 cm³/mol. The maximum absolute atomic E-state index is 10.5. The number of benzene rings is 3. The summed E-state index contributed by atoms with van der Waals surface area (Å²) in [7, 11) is 1.52. The Bertz CT molecular complexity index is 835. The maximum atomic E-state index is 10.5. The van der Waals surface area contributed by atoms with E-state index in [9.17, 15) is 10.2 Å². The average molecular weight is 421 g/mol. The lowest BCUT2D eigenvalue weighted by atomic mass is 9.80. The summed E-state index contributed by atoms with van der Waals surface area (Å²) in [6.07, 6.45) is -3.11. The molecule has 0 saturated carbocycles. The minimum Gasteiger partial charge on any atom is -0.390 e. The Morgan fingerprint density at radius 3 is 1.68 bits per heavy atom. The lowest BCUT2D eigenvalue weighted by Gasteiger charge is -2.40. The van der Waals surface area contributed by atoms with Crippen molar-refractivity contribution in [2.24, 2.45) is 0 Å². The Hall–Kier alpha value is -2.54. The van der Waals surface area contributed by atoms with Gasteiger partial charge in [-0.3, -0.25) is 0 Å². The molecule has 4 rings (SSSR count). The number of hydrogen-bond acceptors (Lipinski definition) is 5. The standard InChI is InChI=1S/C26H28O5/c1-29-24-17-22(27)25(28)23(31-24)18-30-26(19-11-5-2-6-12-19,20-13-7-3-8-14-20)21-15-9-4-10-16-21/h2-16,22-25,27-28H,17-18H2,1H3/t22-,23-,24+,25+/m0/s1. The molecule has 5 nitrogen and oxygen atoms in total. The maximum Gasteiger partial charge on any atom is 0.160 e. The van der Waals surface area contributed by atoms with Gasteiger partial charge in [-0.15, -0.1) is 0 Å². The first-order chi connectivity index (χ1) is 15.1. The largest absolute Gasteiger partial charge is 0.390 e. The van der Waals surface area contributed by atoms with Crippen molar-refractivity contribution >= 4 is 0 Å². The molecule has 3 aromatic rings. The van der Waals surface area contributed by atoms with Crippen LogP contribution in [0.1, 0.15) is 23.1 Å². The monoisotopic (exact) mass is 420 g/mol. The summed E-state index contributed by atoms with van der Waals surface area (Å²) in [4.78, 5) is 0. The smallest absolute Gasteiger partial charge is 0.160 e. The van der Waals surface area contributed by atoms with Gasteiger partial charge in [0, 0.05) is 13.5 Å². The van der Waals surface area contributed by atoms with E-state index in [0.29, 0.717) is 0 Å². The molecule has 0 aliphatic carbocycles. The highest BCUT2D eigenvalue weighted by Crippen LogP contribution is 2.41. The van der Waals surface area contributed by atoms with E-state index >= 15 is 0 Å². The molecular formula is C26H28O5. The van der Waals surface area contributed by atoms with Gasteiger partial charge in [-0.2, -0.15) is 0 Å². The van der Waals surface area contributed by atoms with Crippen LogP contribution in [0.3, 0.4) is 0 Å². The molecule has 0 spiro atoms. The molecule has 0 amide bonds. The van der Waals surface area contributed by atoms with Crippen LogP contribution < -0.4 is 0 Å². The van der Waals surface area contributed by atoms with E-state index in [-0.39, 0.29) is 13.0 Å². The summed E-state index contributed by atoms with van der Waals surface area (Å²) in [5.74, 6) is 0. The van der Waals surface area contributed by atoms with Gasteiger partial charge in [0.15, 0.2) is 6.29 Å². The van der Waals surface area contributed by atoms with Gasteiger partial charge >= 0.3 is 0 Å². The molecule has 1 heterocycles. The highest BCUT2D eigenvalue weighted by molar-refractivity contribution is 5.47. The Morgan fingerprint density at radius 2 is 1.26 bits per heavy atom. The highest BCUT2D eigenvalue weighted by Gasteiger charge is 2.42. The van der Waals surface area contributed by atoms with Crippen molar-refractivity contribution in [3.05, 3.63) is 108 Å². The van der Waals surface area contributed by atoms with Crippen LogP contribution in [0.25, 0.3) is 0 Å². The predicted octanol–water partition coefficient (Wildman–Crippen LogP) is 3.48. The minimum absolute atomic E-state index is 0.0662. The summed E-state index contributed by atoms with van der Waals surface area (Å²) < 4.78 is 17.8. The highest BCUT2D eigenvalue weighted by atomic mass is 16.7. The first-order valence-corrected chi connectivity index (χ1v) is 10.5. The number of ether oxygens (including phenoxy) is 3. The molecule has 1 saturated heterocycles. The third-order valence-corrected chi connectivity index (χ3v) is 5.80. The Kier molecular flexibility index (Phi) is 6.80. The lowest BCUT2D eigenvalue weighted by Crippen LogP contribution is -2.51. The summed E-state index contributed by atoms with van der Waals surface area (Å²) in [5.41, 5.74) is 1.96. The lowest BCUT2D eigenvalue weighted by molar-refractivity contribution is -0.256. The molecule has 0 radical (unpaired) electrons. The van der Waals surface area contributed by atoms with Crippen molar-refractivity contribution in [2.75, 3.05) is 13.7 Å². The van der Waals surface area contributed by atoms with Crippen LogP contribution in [0.4, 0.5) is 0 Å². The van der Waals surface area contributed by atoms with Crippen LogP contribution in [-0.4, -0.2) is 48.5 Å². The van der Waals surface area contributed by atoms with E-state index in [1.54, 1.807) is 0 Å². The topological polar surface area (TPSA) is 68.2 Å². The van der Waals surface area contributed by atoms with Crippen LogP contribution in [0, 0.1) is 0 Å². The van der Waals surface area contributed by atoms with Crippen molar-refractivity contribution in [1.29, 1.82) is 0 Å². The van der Waals surface area contributed by atoms with E-state index in [2.05, 4.69) is 0 Å². The van der Waals surface area contributed by atoms with Crippen molar-refractivity contribution < 1.29 is 24.4 Å². The Morgan fingerprint density at radius 1 is 0.806 bits per heavy atom. The molecule has 2 N–H and O–H groups in total. The second-order valence-electron chi connectivity index (χ2n) is 7.72. The van der Waals surface area contributed by atoms with E-state index in [4.69, 9.17) is 14.2 Å². The summed E-state index contributed by atoms with van der Waals surface area (Å²) in [5, 5.41) is 20.8. The molecule has 1 aliphatic heterocycles. The van der Waals surface area contributed by atoms with Crippen LogP contribution in [-0.2, 0) is 19.8 Å². The Balaban J connectivity index is 1.77. The zero-order valence-corrected chi connectivity index (χ0v) is 17.5. The number of rotatable bonds is 7. The second kappa shape index (κ2) is 9.73. The fraction of sp³-hybridized carbons (Fsp3) is 0.308. The molecule has 0 bridgehead atoms.